The van der Waals surface area contributed by atoms with Crippen LogP contribution in [0.3, 0.4) is 0 Å². The number of para-hydroxylation sites is 1. The van der Waals surface area contributed by atoms with Gasteiger partial charge in [-0.25, -0.2) is 0 Å². The molecule has 6 heteroatoms. The van der Waals surface area contributed by atoms with E-state index in [1.165, 1.54) is 11.8 Å². The number of benzene rings is 1. The smallest absolute Gasteiger partial charge is 0.237 e. The van der Waals surface area contributed by atoms with Gasteiger partial charge < -0.3 is 11.1 Å². The Hall–Kier alpha value is -0.780. The lowest BCUT2D eigenvalue weighted by Gasteiger charge is -2.12. The minimum atomic E-state index is -0.229. The Labute approximate surface area is 115 Å². The van der Waals surface area contributed by atoms with E-state index in [2.05, 4.69) is 5.32 Å². The summed E-state index contributed by atoms with van der Waals surface area (Å²) in [7, 11) is 0. The van der Waals surface area contributed by atoms with E-state index in [1.807, 2.05) is 12.1 Å². The molecule has 0 spiro atoms. The normalized spacial score (nSPS) is 11.9. The van der Waals surface area contributed by atoms with Crippen LogP contribution in [-0.2, 0) is 4.79 Å². The molecule has 0 fully saturated rings. The van der Waals surface area contributed by atoms with Gasteiger partial charge in [0.1, 0.15) is 0 Å². The van der Waals surface area contributed by atoms with Crippen LogP contribution in [0, 0.1) is 0 Å². The zero-order valence-corrected chi connectivity index (χ0v) is 11.7. The molecule has 92 valence electrons. The minimum Gasteiger partial charge on any atom is -0.393 e. The molecule has 0 heterocycles. The highest BCUT2D eigenvalue weighted by atomic mass is 35.5. The van der Waals surface area contributed by atoms with E-state index in [0.29, 0.717) is 21.5 Å². The van der Waals surface area contributed by atoms with Gasteiger partial charge in [-0.3, -0.25) is 4.79 Å². The van der Waals surface area contributed by atoms with Gasteiger partial charge in [-0.15, -0.1) is 11.8 Å². The van der Waals surface area contributed by atoms with E-state index < -0.39 is 0 Å². The van der Waals surface area contributed by atoms with E-state index in [4.69, 9.17) is 29.6 Å². The molecule has 0 saturated heterocycles. The fraction of sp³-hybridized carbons (Fsp3) is 0.273. The number of amides is 1. The number of carbonyl (C=O) groups excluding carboxylic acids is 1. The number of rotatable bonds is 5. The number of hydrogen-bond acceptors (Lipinski definition) is 3. The van der Waals surface area contributed by atoms with Crippen LogP contribution in [0.15, 0.2) is 24.3 Å². The summed E-state index contributed by atoms with van der Waals surface area (Å²) < 4.78 is 0. The second-order valence-corrected chi connectivity index (χ2v) is 5.65. The van der Waals surface area contributed by atoms with Gasteiger partial charge in [0.2, 0.25) is 5.91 Å². The van der Waals surface area contributed by atoms with Crippen molar-refractivity contribution in [3.05, 3.63) is 29.3 Å². The summed E-state index contributed by atoms with van der Waals surface area (Å²) in [5.74, 6) is 0.381. The SMILES string of the molecule is CC(SCC(N)=S)C(=O)Nc1ccccc1Cl. The van der Waals surface area contributed by atoms with Gasteiger partial charge in [-0.2, -0.15) is 0 Å². The molecule has 1 amide bonds. The second-order valence-electron chi connectivity index (χ2n) is 3.39. The first-order valence-corrected chi connectivity index (χ1v) is 6.79. The number of thiocarbonyl (C=S) groups is 1. The van der Waals surface area contributed by atoms with Crippen molar-refractivity contribution in [1.29, 1.82) is 0 Å². The molecule has 0 radical (unpaired) electrons. The van der Waals surface area contributed by atoms with Crippen LogP contribution in [0.4, 0.5) is 5.69 Å². The van der Waals surface area contributed by atoms with Crippen molar-refractivity contribution in [1.82, 2.24) is 0 Å². The lowest BCUT2D eigenvalue weighted by Crippen LogP contribution is -2.24. The number of thioether (sulfide) groups is 1. The predicted octanol–water partition coefficient (Wildman–Crippen LogP) is 2.69. The third kappa shape index (κ3) is 4.93. The van der Waals surface area contributed by atoms with Crippen LogP contribution in [0.1, 0.15) is 6.92 Å². The quantitative estimate of drug-likeness (QED) is 0.818. The van der Waals surface area contributed by atoms with E-state index in [0.717, 1.165) is 0 Å². The zero-order valence-electron chi connectivity index (χ0n) is 9.27. The molecule has 0 aliphatic heterocycles. The van der Waals surface area contributed by atoms with Crippen LogP contribution in [0.2, 0.25) is 5.02 Å². The Balaban J connectivity index is 2.54. The van der Waals surface area contributed by atoms with Crippen molar-refractivity contribution in [2.24, 2.45) is 5.73 Å². The summed E-state index contributed by atoms with van der Waals surface area (Å²) in [6.07, 6.45) is 0. The van der Waals surface area contributed by atoms with Gasteiger partial charge in [0.15, 0.2) is 0 Å². The average molecular weight is 289 g/mol. The first kappa shape index (κ1) is 14.3. The Morgan fingerprint density at radius 1 is 1.59 bits per heavy atom. The summed E-state index contributed by atoms with van der Waals surface area (Å²) in [4.78, 5) is 12.2. The highest BCUT2D eigenvalue weighted by molar-refractivity contribution is 8.02. The van der Waals surface area contributed by atoms with Gasteiger partial charge in [-0.1, -0.05) is 36.0 Å². The Bertz CT molecular complexity index is 426. The molecule has 1 unspecified atom stereocenters. The maximum atomic E-state index is 11.8. The first-order chi connectivity index (χ1) is 8.00. The summed E-state index contributed by atoms with van der Waals surface area (Å²) in [5.41, 5.74) is 5.99. The molecule has 0 aliphatic rings. The third-order valence-corrected chi connectivity index (χ3v) is 3.82. The zero-order chi connectivity index (χ0) is 12.8. The fourth-order valence-corrected chi connectivity index (χ4v) is 2.09. The summed E-state index contributed by atoms with van der Waals surface area (Å²) >= 11 is 12.1. The van der Waals surface area contributed by atoms with E-state index in [-0.39, 0.29) is 11.2 Å². The van der Waals surface area contributed by atoms with Crippen molar-refractivity contribution in [3.8, 4) is 0 Å². The number of nitrogens with two attached hydrogens (primary N) is 1. The maximum Gasteiger partial charge on any atom is 0.237 e. The molecule has 0 saturated carbocycles. The number of nitrogens with one attached hydrogen (secondary N) is 1. The molecule has 0 aliphatic carbocycles. The molecule has 1 aromatic carbocycles. The molecule has 17 heavy (non-hydrogen) atoms. The number of hydrogen-bond donors (Lipinski definition) is 2. The molecular formula is C11H13ClN2OS2. The van der Waals surface area contributed by atoms with Crippen LogP contribution < -0.4 is 11.1 Å². The Kier molecular flexibility index (Phi) is 5.74. The van der Waals surface area contributed by atoms with Crippen LogP contribution in [0.25, 0.3) is 0 Å². The van der Waals surface area contributed by atoms with Crippen LogP contribution in [-0.4, -0.2) is 21.9 Å². The largest absolute Gasteiger partial charge is 0.393 e. The number of carbonyl (C=O) groups is 1. The van der Waals surface area contributed by atoms with Crippen molar-refractivity contribution < 1.29 is 4.79 Å². The number of halogens is 1. The topological polar surface area (TPSA) is 55.1 Å². The minimum absolute atomic E-state index is 0.112. The summed E-state index contributed by atoms with van der Waals surface area (Å²) in [6, 6.07) is 7.10. The lowest BCUT2D eigenvalue weighted by molar-refractivity contribution is -0.115. The molecule has 3 nitrogen and oxygen atoms in total. The van der Waals surface area contributed by atoms with Crippen molar-refractivity contribution in [3.63, 3.8) is 0 Å². The molecule has 1 rings (SSSR count). The molecule has 3 N–H and O–H groups in total. The molecular weight excluding hydrogens is 276 g/mol. The van der Waals surface area contributed by atoms with Gasteiger partial charge in [-0.05, 0) is 19.1 Å². The van der Waals surface area contributed by atoms with Gasteiger partial charge in [0.25, 0.3) is 0 Å². The number of anilines is 1. The second kappa shape index (κ2) is 6.83. The van der Waals surface area contributed by atoms with Gasteiger partial charge in [0, 0.05) is 5.75 Å². The van der Waals surface area contributed by atoms with Crippen molar-refractivity contribution >= 4 is 52.2 Å². The maximum absolute atomic E-state index is 11.8. The highest BCUT2D eigenvalue weighted by Crippen LogP contribution is 2.21. The average Bonchev–Trinajstić information content (AvgIpc) is 2.28. The standard InChI is InChI=1S/C11H13ClN2OS2/c1-7(17-6-10(13)16)11(15)14-9-5-3-2-4-8(9)12/h2-5,7H,6H2,1H3,(H2,13,16)(H,14,15). The van der Waals surface area contributed by atoms with E-state index in [9.17, 15) is 4.79 Å². The first-order valence-electron chi connectivity index (χ1n) is 4.96. The Morgan fingerprint density at radius 3 is 2.82 bits per heavy atom. The summed E-state index contributed by atoms with van der Waals surface area (Å²) in [5, 5.41) is 3.05. The molecule has 0 bridgehead atoms. The van der Waals surface area contributed by atoms with Crippen molar-refractivity contribution in [2.75, 3.05) is 11.1 Å². The van der Waals surface area contributed by atoms with Gasteiger partial charge >= 0.3 is 0 Å². The summed E-state index contributed by atoms with van der Waals surface area (Å²) in [6.45, 7) is 1.80. The molecule has 0 aromatic heterocycles. The highest BCUT2D eigenvalue weighted by Gasteiger charge is 2.14. The van der Waals surface area contributed by atoms with E-state index in [1.54, 1.807) is 19.1 Å². The lowest BCUT2D eigenvalue weighted by atomic mass is 10.3. The molecule has 1 atom stereocenters. The fourth-order valence-electron chi connectivity index (χ4n) is 1.08. The van der Waals surface area contributed by atoms with E-state index >= 15 is 0 Å². The van der Waals surface area contributed by atoms with Crippen molar-refractivity contribution in [2.45, 2.75) is 12.2 Å². The van der Waals surface area contributed by atoms with Crippen LogP contribution in [0.5, 0.6) is 0 Å². The van der Waals surface area contributed by atoms with Crippen LogP contribution >= 0.6 is 35.6 Å². The predicted molar refractivity (Wildman–Crippen MR) is 78.8 cm³/mol. The molecule has 1 aromatic rings. The monoisotopic (exact) mass is 288 g/mol. The van der Waals surface area contributed by atoms with Gasteiger partial charge in [0.05, 0.1) is 20.9 Å². The Morgan fingerprint density at radius 2 is 2.24 bits per heavy atom. The third-order valence-electron chi connectivity index (χ3n) is 1.98.